The van der Waals surface area contributed by atoms with Crippen LogP contribution in [0.25, 0.3) is 0 Å². The second-order valence-electron chi connectivity index (χ2n) is 7.16. The quantitative estimate of drug-likeness (QED) is 0.819. The molecule has 1 aliphatic rings. The summed E-state index contributed by atoms with van der Waals surface area (Å²) < 4.78 is 38.7. The molecule has 2 aromatic carbocycles. The Morgan fingerprint density at radius 3 is 2.43 bits per heavy atom. The van der Waals surface area contributed by atoms with E-state index in [1.165, 1.54) is 12.1 Å². The molecule has 1 saturated heterocycles. The predicted octanol–water partition coefficient (Wildman–Crippen LogP) is 2.29. The summed E-state index contributed by atoms with van der Waals surface area (Å²) in [7, 11) is 0. The normalized spacial score (nSPS) is 16.6. The Bertz CT molecular complexity index is 787. The van der Waals surface area contributed by atoms with E-state index in [1.807, 2.05) is 42.2 Å². The van der Waals surface area contributed by atoms with E-state index in [0.29, 0.717) is 38.4 Å². The maximum Gasteiger partial charge on any atom is 0.416 e. The third-order valence-electron chi connectivity index (χ3n) is 5.10. The molecule has 0 saturated carbocycles. The second kappa shape index (κ2) is 8.65. The van der Waals surface area contributed by atoms with Crippen molar-refractivity contribution < 1.29 is 22.9 Å². The van der Waals surface area contributed by atoms with E-state index in [4.69, 9.17) is 0 Å². The van der Waals surface area contributed by atoms with E-state index in [-0.39, 0.29) is 11.9 Å². The van der Waals surface area contributed by atoms with Crippen LogP contribution in [-0.4, -0.2) is 38.6 Å². The van der Waals surface area contributed by atoms with Crippen LogP contribution < -0.4 is 15.1 Å². The number of anilines is 1. The Balaban J connectivity index is 1.50. The first-order chi connectivity index (χ1) is 13.3. The summed E-state index contributed by atoms with van der Waals surface area (Å²) in [6, 6.07) is 15.1. The van der Waals surface area contributed by atoms with Gasteiger partial charge >= 0.3 is 6.18 Å². The lowest BCUT2D eigenvalue weighted by molar-refractivity contribution is -0.892. The molecule has 0 bridgehead atoms. The smallest absolute Gasteiger partial charge is 0.360 e. The summed E-state index contributed by atoms with van der Waals surface area (Å²) in [6.07, 6.45) is -4.34. The first-order valence-corrected chi connectivity index (χ1v) is 9.43. The largest absolute Gasteiger partial charge is 0.416 e. The van der Waals surface area contributed by atoms with Crippen molar-refractivity contribution in [3.8, 4) is 0 Å². The van der Waals surface area contributed by atoms with Gasteiger partial charge in [0.2, 0.25) is 0 Å². The van der Waals surface area contributed by atoms with E-state index >= 15 is 0 Å². The second-order valence-corrected chi connectivity index (χ2v) is 7.16. The van der Waals surface area contributed by atoms with Gasteiger partial charge in [-0.2, -0.15) is 13.2 Å². The number of rotatable bonds is 5. The molecule has 2 aromatic rings. The number of benzene rings is 2. The van der Waals surface area contributed by atoms with Gasteiger partial charge in [-0.05, 0) is 30.7 Å². The van der Waals surface area contributed by atoms with E-state index < -0.39 is 11.7 Å². The molecule has 1 atom stereocenters. The summed E-state index contributed by atoms with van der Waals surface area (Å²) >= 11 is 0. The van der Waals surface area contributed by atoms with Crippen molar-refractivity contribution in [2.24, 2.45) is 0 Å². The fourth-order valence-corrected chi connectivity index (χ4v) is 3.48. The highest BCUT2D eigenvalue weighted by molar-refractivity contribution is 5.77. The number of piperazine rings is 1. The molecule has 0 aliphatic carbocycles. The van der Waals surface area contributed by atoms with Gasteiger partial charge in [-0.3, -0.25) is 4.79 Å². The fourth-order valence-electron chi connectivity index (χ4n) is 3.48. The van der Waals surface area contributed by atoms with Crippen LogP contribution in [0.5, 0.6) is 0 Å². The molecular weight excluding hydrogens is 367 g/mol. The lowest BCUT2D eigenvalue weighted by atomic mass is 10.1. The Labute approximate surface area is 162 Å². The van der Waals surface area contributed by atoms with Gasteiger partial charge in [0.15, 0.2) is 6.54 Å². The Hall–Kier alpha value is -2.54. The minimum atomic E-state index is -4.34. The van der Waals surface area contributed by atoms with Crippen molar-refractivity contribution in [1.82, 2.24) is 5.32 Å². The summed E-state index contributed by atoms with van der Waals surface area (Å²) in [5.41, 5.74) is 1.00. The summed E-state index contributed by atoms with van der Waals surface area (Å²) in [5, 5.41) is 3.01. The molecule has 1 amide bonds. The summed E-state index contributed by atoms with van der Waals surface area (Å²) in [6.45, 7) is 4.99. The maximum absolute atomic E-state index is 12.9. The molecule has 0 spiro atoms. The van der Waals surface area contributed by atoms with E-state index in [0.717, 1.165) is 16.5 Å². The number of halogens is 3. The molecule has 150 valence electrons. The molecule has 4 nitrogen and oxygen atoms in total. The number of hydrogen-bond acceptors (Lipinski definition) is 2. The number of alkyl halides is 3. The van der Waals surface area contributed by atoms with Crippen LogP contribution >= 0.6 is 0 Å². The zero-order valence-corrected chi connectivity index (χ0v) is 15.8. The van der Waals surface area contributed by atoms with Crippen LogP contribution in [0.2, 0.25) is 0 Å². The molecule has 0 unspecified atom stereocenters. The first kappa shape index (κ1) is 20.2. The van der Waals surface area contributed by atoms with Crippen molar-refractivity contribution in [3.05, 3.63) is 65.7 Å². The van der Waals surface area contributed by atoms with Crippen molar-refractivity contribution in [2.75, 3.05) is 37.6 Å². The van der Waals surface area contributed by atoms with Crippen LogP contribution in [0.3, 0.4) is 0 Å². The van der Waals surface area contributed by atoms with Crippen molar-refractivity contribution in [3.63, 3.8) is 0 Å². The Morgan fingerprint density at radius 1 is 1.11 bits per heavy atom. The van der Waals surface area contributed by atoms with Gasteiger partial charge in [-0.15, -0.1) is 0 Å². The van der Waals surface area contributed by atoms with Crippen LogP contribution in [-0.2, 0) is 11.0 Å². The van der Waals surface area contributed by atoms with Gasteiger partial charge < -0.3 is 15.1 Å². The Morgan fingerprint density at radius 2 is 1.79 bits per heavy atom. The van der Waals surface area contributed by atoms with E-state index in [9.17, 15) is 18.0 Å². The van der Waals surface area contributed by atoms with E-state index in [2.05, 4.69) is 5.32 Å². The third kappa shape index (κ3) is 5.25. The minimum Gasteiger partial charge on any atom is -0.360 e. The number of nitrogens with zero attached hydrogens (tertiary/aromatic N) is 1. The molecule has 28 heavy (non-hydrogen) atoms. The molecule has 0 radical (unpaired) electrons. The zero-order valence-electron chi connectivity index (χ0n) is 15.8. The molecule has 2 N–H and O–H groups in total. The highest BCUT2D eigenvalue weighted by Crippen LogP contribution is 2.31. The summed E-state index contributed by atoms with van der Waals surface area (Å²) in [5.74, 6) is -0.0149. The van der Waals surface area contributed by atoms with Gasteiger partial charge in [0.1, 0.15) is 0 Å². The standard InChI is InChI=1S/C21H24F3N3O/c1-16(17-6-3-2-4-7-17)25-20(28)15-26-10-12-27(13-11-26)19-9-5-8-18(14-19)21(22,23)24/h2-9,14,16H,10-13,15H2,1H3,(H,25,28)/p+1/t16-/m1/s1. The fraction of sp³-hybridized carbons (Fsp3) is 0.381. The summed E-state index contributed by atoms with van der Waals surface area (Å²) in [4.78, 5) is 15.4. The zero-order chi connectivity index (χ0) is 20.1. The van der Waals surface area contributed by atoms with Gasteiger partial charge in [0, 0.05) is 5.69 Å². The van der Waals surface area contributed by atoms with Crippen LogP contribution in [0.15, 0.2) is 54.6 Å². The van der Waals surface area contributed by atoms with Crippen molar-refractivity contribution in [1.29, 1.82) is 0 Å². The molecule has 0 aromatic heterocycles. The van der Waals surface area contributed by atoms with Crippen LogP contribution in [0, 0.1) is 0 Å². The van der Waals surface area contributed by atoms with Gasteiger partial charge in [-0.25, -0.2) is 0 Å². The van der Waals surface area contributed by atoms with Crippen molar-refractivity contribution >= 4 is 11.6 Å². The molecular formula is C21H25F3N3O+. The van der Waals surface area contributed by atoms with Crippen molar-refractivity contribution in [2.45, 2.75) is 19.1 Å². The number of carbonyl (C=O) groups excluding carboxylic acids is 1. The molecule has 3 rings (SSSR count). The minimum absolute atomic E-state index is 0.0149. The average Bonchev–Trinajstić information content (AvgIpc) is 2.68. The van der Waals surface area contributed by atoms with Crippen LogP contribution in [0.1, 0.15) is 24.1 Å². The maximum atomic E-state index is 12.9. The molecule has 7 heteroatoms. The first-order valence-electron chi connectivity index (χ1n) is 9.43. The third-order valence-corrected chi connectivity index (χ3v) is 5.10. The van der Waals surface area contributed by atoms with Crippen LogP contribution in [0.4, 0.5) is 18.9 Å². The monoisotopic (exact) mass is 392 g/mol. The topological polar surface area (TPSA) is 36.8 Å². The molecule has 1 aliphatic heterocycles. The molecule has 1 heterocycles. The highest BCUT2D eigenvalue weighted by atomic mass is 19.4. The number of carbonyl (C=O) groups is 1. The SMILES string of the molecule is C[C@@H](NC(=O)C[NH+]1CCN(c2cccc(C(F)(F)F)c2)CC1)c1ccccc1. The van der Waals surface area contributed by atoms with Gasteiger partial charge in [0.25, 0.3) is 5.91 Å². The van der Waals surface area contributed by atoms with Gasteiger partial charge in [0.05, 0.1) is 37.8 Å². The number of quaternary nitrogens is 1. The van der Waals surface area contributed by atoms with Gasteiger partial charge in [-0.1, -0.05) is 36.4 Å². The average molecular weight is 392 g/mol. The lowest BCUT2D eigenvalue weighted by Gasteiger charge is -2.33. The lowest BCUT2D eigenvalue weighted by Crippen LogP contribution is -3.15. The Kier molecular flexibility index (Phi) is 6.24. The van der Waals surface area contributed by atoms with E-state index in [1.54, 1.807) is 6.07 Å². The number of hydrogen-bond donors (Lipinski definition) is 2. The highest BCUT2D eigenvalue weighted by Gasteiger charge is 2.31. The predicted molar refractivity (Wildman–Crippen MR) is 102 cm³/mol. The number of nitrogens with one attached hydrogen (secondary N) is 2. The molecule has 1 fully saturated rings. The number of amides is 1.